The number of aliphatic imine (C=N–C) groups is 1. The standard InChI is InChI=1S/C19H36N6S/c1-5-20-19(22-15-18-16(3)23-17(4)26-18)21-9-7-8-10-25-13-11-24(6-2)12-14-25/h5-15H2,1-4H3,(H2,20,21,22). The van der Waals surface area contributed by atoms with E-state index in [2.05, 4.69) is 53.1 Å². The van der Waals surface area contributed by atoms with Gasteiger partial charge in [0, 0.05) is 44.1 Å². The van der Waals surface area contributed by atoms with Crippen molar-refractivity contribution in [3.63, 3.8) is 0 Å². The van der Waals surface area contributed by atoms with Crippen LogP contribution in [0.25, 0.3) is 0 Å². The third-order valence-electron chi connectivity index (χ3n) is 4.83. The number of unbranched alkanes of at least 4 members (excludes halogenated alkanes) is 1. The van der Waals surface area contributed by atoms with E-state index < -0.39 is 0 Å². The zero-order valence-corrected chi connectivity index (χ0v) is 17.8. The van der Waals surface area contributed by atoms with Crippen molar-refractivity contribution >= 4 is 17.3 Å². The lowest BCUT2D eigenvalue weighted by atomic mass is 10.2. The van der Waals surface area contributed by atoms with Gasteiger partial charge in [0.05, 0.1) is 17.2 Å². The quantitative estimate of drug-likeness (QED) is 0.391. The first-order chi connectivity index (χ1) is 12.6. The number of thiazole rings is 1. The molecular formula is C19H36N6S. The topological polar surface area (TPSA) is 55.8 Å². The number of aromatic nitrogens is 1. The molecule has 2 N–H and O–H groups in total. The van der Waals surface area contributed by atoms with Gasteiger partial charge in [0.2, 0.25) is 0 Å². The minimum absolute atomic E-state index is 0.703. The highest BCUT2D eigenvalue weighted by atomic mass is 32.1. The molecule has 7 heteroatoms. The number of rotatable bonds is 9. The summed E-state index contributed by atoms with van der Waals surface area (Å²) in [6.07, 6.45) is 2.42. The first-order valence-corrected chi connectivity index (χ1v) is 10.8. The van der Waals surface area contributed by atoms with Crippen LogP contribution in [0.5, 0.6) is 0 Å². The summed E-state index contributed by atoms with van der Waals surface area (Å²) in [7, 11) is 0. The third kappa shape index (κ3) is 7.21. The molecule has 0 aliphatic carbocycles. The SMILES string of the molecule is CCNC(=NCc1sc(C)nc1C)NCCCCN1CCN(CC)CC1. The van der Waals surface area contributed by atoms with Crippen molar-refractivity contribution in [3.05, 3.63) is 15.6 Å². The van der Waals surface area contributed by atoms with Crippen molar-refractivity contribution in [2.75, 3.05) is 52.4 Å². The van der Waals surface area contributed by atoms with E-state index >= 15 is 0 Å². The van der Waals surface area contributed by atoms with Gasteiger partial charge in [-0.1, -0.05) is 6.92 Å². The highest BCUT2D eigenvalue weighted by molar-refractivity contribution is 7.11. The second kappa shape index (κ2) is 11.5. The summed E-state index contributed by atoms with van der Waals surface area (Å²) in [5.41, 5.74) is 1.11. The molecule has 0 aromatic carbocycles. The fourth-order valence-corrected chi connectivity index (χ4v) is 4.07. The predicted octanol–water partition coefficient (Wildman–Crippen LogP) is 2.23. The molecule has 1 fully saturated rings. The average molecular weight is 381 g/mol. The van der Waals surface area contributed by atoms with E-state index in [9.17, 15) is 0 Å². The molecule has 0 spiro atoms. The van der Waals surface area contributed by atoms with Crippen LogP contribution in [0.1, 0.15) is 42.3 Å². The minimum Gasteiger partial charge on any atom is -0.357 e. The average Bonchev–Trinajstić information content (AvgIpc) is 2.97. The van der Waals surface area contributed by atoms with Gasteiger partial charge < -0.3 is 20.4 Å². The molecule has 1 aromatic heterocycles. The van der Waals surface area contributed by atoms with Gasteiger partial charge >= 0.3 is 0 Å². The summed E-state index contributed by atoms with van der Waals surface area (Å²) in [5, 5.41) is 7.92. The molecule has 1 aromatic rings. The molecule has 148 valence electrons. The summed E-state index contributed by atoms with van der Waals surface area (Å²) in [6, 6.07) is 0. The van der Waals surface area contributed by atoms with Crippen LogP contribution >= 0.6 is 11.3 Å². The Bertz CT molecular complexity index is 548. The Hall–Kier alpha value is -1.18. The van der Waals surface area contributed by atoms with Crippen LogP contribution in [0, 0.1) is 13.8 Å². The first kappa shape index (κ1) is 21.1. The Balaban J connectivity index is 1.65. The van der Waals surface area contributed by atoms with Crippen LogP contribution in [0.4, 0.5) is 0 Å². The van der Waals surface area contributed by atoms with Crippen molar-refractivity contribution in [2.24, 2.45) is 4.99 Å². The van der Waals surface area contributed by atoms with Crippen LogP contribution in [0.3, 0.4) is 0 Å². The molecule has 1 saturated heterocycles. The maximum atomic E-state index is 4.71. The van der Waals surface area contributed by atoms with E-state index in [1.165, 1.54) is 57.0 Å². The van der Waals surface area contributed by atoms with Crippen LogP contribution in [0.2, 0.25) is 0 Å². The fourth-order valence-electron chi connectivity index (χ4n) is 3.21. The zero-order chi connectivity index (χ0) is 18.8. The number of hydrogen-bond donors (Lipinski definition) is 2. The molecule has 1 aliphatic rings. The zero-order valence-electron chi connectivity index (χ0n) is 17.0. The monoisotopic (exact) mass is 380 g/mol. The molecule has 0 bridgehead atoms. The molecule has 0 atom stereocenters. The molecule has 6 nitrogen and oxygen atoms in total. The van der Waals surface area contributed by atoms with Crippen molar-refractivity contribution in [3.8, 4) is 0 Å². The van der Waals surface area contributed by atoms with Gasteiger partial charge in [0.15, 0.2) is 5.96 Å². The van der Waals surface area contributed by atoms with E-state index in [0.29, 0.717) is 6.54 Å². The lowest BCUT2D eigenvalue weighted by Crippen LogP contribution is -2.46. The van der Waals surface area contributed by atoms with Gasteiger partial charge in [-0.3, -0.25) is 0 Å². The van der Waals surface area contributed by atoms with Crippen molar-refractivity contribution in [1.82, 2.24) is 25.4 Å². The molecule has 0 unspecified atom stereocenters. The molecule has 26 heavy (non-hydrogen) atoms. The second-order valence-electron chi connectivity index (χ2n) is 6.85. The van der Waals surface area contributed by atoms with Crippen LogP contribution < -0.4 is 10.6 Å². The van der Waals surface area contributed by atoms with Crippen molar-refractivity contribution in [1.29, 1.82) is 0 Å². The van der Waals surface area contributed by atoms with Crippen molar-refractivity contribution < 1.29 is 0 Å². The van der Waals surface area contributed by atoms with E-state index in [-0.39, 0.29) is 0 Å². The number of likely N-dealkylation sites (N-methyl/N-ethyl adjacent to an activating group) is 1. The normalized spacial score (nSPS) is 16.8. The number of aryl methyl sites for hydroxylation is 2. The highest BCUT2D eigenvalue weighted by Gasteiger charge is 2.14. The molecule has 2 rings (SSSR count). The molecule has 0 amide bonds. The number of nitrogens with zero attached hydrogens (tertiary/aromatic N) is 4. The van der Waals surface area contributed by atoms with E-state index in [1.54, 1.807) is 11.3 Å². The molecule has 0 radical (unpaired) electrons. The van der Waals surface area contributed by atoms with Gasteiger partial charge in [-0.2, -0.15) is 0 Å². The lowest BCUT2D eigenvalue weighted by molar-refractivity contribution is 0.136. The van der Waals surface area contributed by atoms with E-state index in [4.69, 9.17) is 4.99 Å². The maximum Gasteiger partial charge on any atom is 0.191 e. The highest BCUT2D eigenvalue weighted by Crippen LogP contribution is 2.17. The number of hydrogen-bond acceptors (Lipinski definition) is 5. The van der Waals surface area contributed by atoms with Gasteiger partial charge in [-0.05, 0) is 46.7 Å². The van der Waals surface area contributed by atoms with E-state index in [1.807, 2.05) is 0 Å². The number of nitrogens with one attached hydrogen (secondary N) is 2. The third-order valence-corrected chi connectivity index (χ3v) is 5.89. The van der Waals surface area contributed by atoms with Crippen molar-refractivity contribution in [2.45, 2.75) is 47.1 Å². The van der Waals surface area contributed by atoms with Gasteiger partial charge in [0.25, 0.3) is 0 Å². The molecular weight excluding hydrogens is 344 g/mol. The Kier molecular flexibility index (Phi) is 9.36. The largest absolute Gasteiger partial charge is 0.357 e. The fraction of sp³-hybridized carbons (Fsp3) is 0.789. The second-order valence-corrected chi connectivity index (χ2v) is 8.13. The van der Waals surface area contributed by atoms with Crippen LogP contribution in [-0.4, -0.2) is 73.1 Å². The summed E-state index contributed by atoms with van der Waals surface area (Å²) in [6.45, 7) is 18.3. The van der Waals surface area contributed by atoms with Gasteiger partial charge in [-0.15, -0.1) is 11.3 Å². The molecule has 1 aliphatic heterocycles. The molecule has 0 saturated carbocycles. The smallest absolute Gasteiger partial charge is 0.191 e. The Morgan fingerprint density at radius 1 is 1.08 bits per heavy atom. The summed E-state index contributed by atoms with van der Waals surface area (Å²) in [4.78, 5) is 15.6. The number of guanidine groups is 1. The Morgan fingerprint density at radius 2 is 1.81 bits per heavy atom. The summed E-state index contributed by atoms with van der Waals surface area (Å²) in [5.74, 6) is 0.912. The number of piperazine rings is 1. The Labute approximate surface area is 163 Å². The molecule has 2 heterocycles. The Morgan fingerprint density at radius 3 is 2.42 bits per heavy atom. The summed E-state index contributed by atoms with van der Waals surface area (Å²) >= 11 is 1.74. The van der Waals surface area contributed by atoms with Crippen LogP contribution in [-0.2, 0) is 6.54 Å². The minimum atomic E-state index is 0.703. The maximum absolute atomic E-state index is 4.71. The predicted molar refractivity (Wildman–Crippen MR) is 112 cm³/mol. The van der Waals surface area contributed by atoms with Gasteiger partial charge in [-0.25, -0.2) is 9.98 Å². The van der Waals surface area contributed by atoms with Gasteiger partial charge in [0.1, 0.15) is 0 Å². The summed E-state index contributed by atoms with van der Waals surface area (Å²) < 4.78 is 0. The van der Waals surface area contributed by atoms with Crippen LogP contribution in [0.15, 0.2) is 4.99 Å². The van der Waals surface area contributed by atoms with E-state index in [0.717, 1.165) is 29.8 Å². The first-order valence-electron chi connectivity index (χ1n) is 10.0. The lowest BCUT2D eigenvalue weighted by Gasteiger charge is -2.34.